The molecule has 0 spiro atoms. The van der Waals surface area contributed by atoms with Gasteiger partial charge in [0.15, 0.2) is 6.10 Å². The van der Waals surface area contributed by atoms with Crippen molar-refractivity contribution in [3.8, 4) is 23.2 Å². The van der Waals surface area contributed by atoms with Crippen LogP contribution in [0.2, 0.25) is 5.02 Å². The first-order valence-electron chi connectivity index (χ1n) is 10.3. The number of hydrogen-bond acceptors (Lipinski definition) is 7. The SMILES string of the molecule is CC(Oc1cccc(C#N)c1)C(=O)N1CCN(Cc2nc(-c3ccc(Cl)cc3)no2)CC1. The molecule has 0 bridgehead atoms. The molecule has 32 heavy (non-hydrogen) atoms. The maximum atomic E-state index is 12.8. The predicted molar refractivity (Wildman–Crippen MR) is 118 cm³/mol. The molecule has 8 nitrogen and oxygen atoms in total. The summed E-state index contributed by atoms with van der Waals surface area (Å²) in [6.45, 7) is 4.81. The summed E-state index contributed by atoms with van der Waals surface area (Å²) in [7, 11) is 0. The van der Waals surface area contributed by atoms with Gasteiger partial charge in [0, 0.05) is 36.8 Å². The van der Waals surface area contributed by atoms with Gasteiger partial charge in [-0.2, -0.15) is 10.2 Å². The van der Waals surface area contributed by atoms with Crippen LogP contribution in [-0.2, 0) is 11.3 Å². The molecule has 0 N–H and O–H groups in total. The van der Waals surface area contributed by atoms with Gasteiger partial charge in [-0.25, -0.2) is 0 Å². The first-order valence-corrected chi connectivity index (χ1v) is 10.7. The predicted octanol–water partition coefficient (Wildman–Crippen LogP) is 3.37. The quantitative estimate of drug-likeness (QED) is 0.566. The van der Waals surface area contributed by atoms with Crippen molar-refractivity contribution in [1.82, 2.24) is 19.9 Å². The number of nitrogens with zero attached hydrogens (tertiary/aromatic N) is 5. The van der Waals surface area contributed by atoms with Crippen LogP contribution in [0.25, 0.3) is 11.4 Å². The van der Waals surface area contributed by atoms with Gasteiger partial charge < -0.3 is 14.2 Å². The number of rotatable bonds is 6. The van der Waals surface area contributed by atoms with Crippen LogP contribution in [0.15, 0.2) is 53.1 Å². The van der Waals surface area contributed by atoms with Gasteiger partial charge in [-0.1, -0.05) is 22.8 Å². The van der Waals surface area contributed by atoms with E-state index in [-0.39, 0.29) is 5.91 Å². The molecule has 2 heterocycles. The Morgan fingerprint density at radius 2 is 1.97 bits per heavy atom. The third kappa shape index (κ3) is 5.25. The first kappa shape index (κ1) is 21.8. The van der Waals surface area contributed by atoms with Crippen molar-refractivity contribution in [2.75, 3.05) is 26.2 Å². The Kier molecular flexibility index (Phi) is 6.69. The molecule has 4 rings (SSSR count). The number of amides is 1. The molecular weight excluding hydrogens is 430 g/mol. The number of aromatic nitrogens is 2. The van der Waals surface area contributed by atoms with Crippen LogP contribution >= 0.6 is 11.6 Å². The summed E-state index contributed by atoms with van der Waals surface area (Å²) in [5, 5.41) is 13.7. The van der Waals surface area contributed by atoms with E-state index >= 15 is 0 Å². The molecular formula is C23H22ClN5O3. The lowest BCUT2D eigenvalue weighted by atomic mass is 10.2. The summed E-state index contributed by atoms with van der Waals surface area (Å²) < 4.78 is 11.1. The van der Waals surface area contributed by atoms with Gasteiger partial charge in [0.2, 0.25) is 11.7 Å². The number of piperazine rings is 1. The fourth-order valence-corrected chi connectivity index (χ4v) is 3.63. The Hall–Kier alpha value is -3.41. The van der Waals surface area contributed by atoms with Crippen LogP contribution < -0.4 is 4.74 Å². The highest BCUT2D eigenvalue weighted by molar-refractivity contribution is 6.30. The maximum Gasteiger partial charge on any atom is 0.263 e. The van der Waals surface area contributed by atoms with Gasteiger partial charge in [0.25, 0.3) is 5.91 Å². The Morgan fingerprint density at radius 3 is 2.69 bits per heavy atom. The van der Waals surface area contributed by atoms with E-state index in [1.807, 2.05) is 12.1 Å². The number of carbonyl (C=O) groups is 1. The summed E-state index contributed by atoms with van der Waals surface area (Å²) in [5.74, 6) is 1.49. The van der Waals surface area contributed by atoms with Crippen LogP contribution in [0.5, 0.6) is 5.75 Å². The first-order chi connectivity index (χ1) is 15.5. The van der Waals surface area contributed by atoms with Crippen LogP contribution in [0, 0.1) is 11.3 Å². The molecule has 0 aliphatic carbocycles. The number of halogens is 1. The number of ether oxygens (including phenoxy) is 1. The lowest BCUT2D eigenvalue weighted by Crippen LogP contribution is -2.51. The maximum absolute atomic E-state index is 12.8. The van der Waals surface area contributed by atoms with E-state index in [1.165, 1.54) is 0 Å². The molecule has 164 valence electrons. The third-order valence-corrected chi connectivity index (χ3v) is 5.49. The molecule has 1 aliphatic rings. The Morgan fingerprint density at radius 1 is 1.22 bits per heavy atom. The molecule has 1 unspecified atom stereocenters. The highest BCUT2D eigenvalue weighted by atomic mass is 35.5. The van der Waals surface area contributed by atoms with Gasteiger partial charge in [0.05, 0.1) is 18.2 Å². The molecule has 1 fully saturated rings. The molecule has 0 saturated carbocycles. The number of nitriles is 1. The van der Waals surface area contributed by atoms with Crippen LogP contribution in [0.4, 0.5) is 0 Å². The third-order valence-electron chi connectivity index (χ3n) is 5.24. The summed E-state index contributed by atoms with van der Waals surface area (Å²) in [4.78, 5) is 21.2. The van der Waals surface area contributed by atoms with E-state index in [1.54, 1.807) is 48.2 Å². The van der Waals surface area contributed by atoms with E-state index < -0.39 is 6.10 Å². The van der Waals surface area contributed by atoms with Crippen molar-refractivity contribution in [3.63, 3.8) is 0 Å². The van der Waals surface area contributed by atoms with E-state index in [0.717, 1.165) is 5.56 Å². The summed E-state index contributed by atoms with van der Waals surface area (Å²) in [6.07, 6.45) is -0.631. The molecule has 0 radical (unpaired) electrons. The molecule has 1 amide bonds. The van der Waals surface area contributed by atoms with E-state index in [0.29, 0.717) is 60.8 Å². The van der Waals surface area contributed by atoms with Crippen molar-refractivity contribution in [2.24, 2.45) is 0 Å². The Bertz CT molecular complexity index is 1120. The van der Waals surface area contributed by atoms with Gasteiger partial charge in [-0.3, -0.25) is 9.69 Å². The van der Waals surface area contributed by atoms with Crippen molar-refractivity contribution < 1.29 is 14.1 Å². The zero-order valence-corrected chi connectivity index (χ0v) is 18.3. The van der Waals surface area contributed by atoms with Gasteiger partial charge in [-0.15, -0.1) is 0 Å². The van der Waals surface area contributed by atoms with Crippen molar-refractivity contribution >= 4 is 17.5 Å². The summed E-state index contributed by atoms with van der Waals surface area (Å²) in [5.41, 5.74) is 1.34. The van der Waals surface area contributed by atoms with Gasteiger partial charge in [-0.05, 0) is 49.4 Å². The van der Waals surface area contributed by atoms with Crippen molar-refractivity contribution in [1.29, 1.82) is 5.26 Å². The average Bonchev–Trinajstić information content (AvgIpc) is 3.28. The van der Waals surface area contributed by atoms with Crippen LogP contribution in [0.3, 0.4) is 0 Å². The highest BCUT2D eigenvalue weighted by Crippen LogP contribution is 2.20. The largest absolute Gasteiger partial charge is 0.481 e. The van der Waals surface area contributed by atoms with Crippen LogP contribution in [-0.4, -0.2) is 58.1 Å². The average molecular weight is 452 g/mol. The number of hydrogen-bond donors (Lipinski definition) is 0. The highest BCUT2D eigenvalue weighted by Gasteiger charge is 2.27. The molecule has 1 aliphatic heterocycles. The standard InChI is InChI=1S/C23H22ClN5O3/c1-16(31-20-4-2-3-17(13-20)14-25)23(30)29-11-9-28(10-12-29)15-21-26-22(27-32-21)18-5-7-19(24)8-6-18/h2-8,13,16H,9-12,15H2,1H3. The van der Waals surface area contributed by atoms with Gasteiger partial charge >= 0.3 is 0 Å². The van der Waals surface area contributed by atoms with E-state index in [2.05, 4.69) is 21.1 Å². The normalized spacial score (nSPS) is 15.2. The zero-order valence-electron chi connectivity index (χ0n) is 17.6. The second-order valence-electron chi connectivity index (χ2n) is 7.52. The van der Waals surface area contributed by atoms with E-state index in [9.17, 15) is 4.79 Å². The minimum atomic E-state index is -0.631. The van der Waals surface area contributed by atoms with Crippen LogP contribution in [0.1, 0.15) is 18.4 Å². The lowest BCUT2D eigenvalue weighted by Gasteiger charge is -2.35. The molecule has 3 aromatic rings. The molecule has 1 atom stereocenters. The topological polar surface area (TPSA) is 95.5 Å². The lowest BCUT2D eigenvalue weighted by molar-refractivity contribution is -0.139. The van der Waals surface area contributed by atoms with E-state index in [4.69, 9.17) is 26.1 Å². The Labute approximate surface area is 190 Å². The minimum absolute atomic E-state index is 0.0742. The summed E-state index contributed by atoms with van der Waals surface area (Å²) in [6, 6.07) is 16.1. The number of carbonyl (C=O) groups excluding carboxylic acids is 1. The monoisotopic (exact) mass is 451 g/mol. The zero-order chi connectivity index (χ0) is 22.5. The fraction of sp³-hybridized carbons (Fsp3) is 0.304. The Balaban J connectivity index is 1.28. The van der Waals surface area contributed by atoms with Crippen molar-refractivity contribution in [2.45, 2.75) is 19.6 Å². The fourth-order valence-electron chi connectivity index (χ4n) is 3.50. The minimum Gasteiger partial charge on any atom is -0.481 e. The molecule has 1 saturated heterocycles. The second kappa shape index (κ2) is 9.81. The molecule has 2 aromatic carbocycles. The number of benzene rings is 2. The summed E-state index contributed by atoms with van der Waals surface area (Å²) >= 11 is 5.92. The second-order valence-corrected chi connectivity index (χ2v) is 7.96. The molecule has 9 heteroatoms. The van der Waals surface area contributed by atoms with Crippen molar-refractivity contribution in [3.05, 3.63) is 65.0 Å². The van der Waals surface area contributed by atoms with Gasteiger partial charge in [0.1, 0.15) is 5.75 Å². The molecule has 1 aromatic heterocycles. The smallest absolute Gasteiger partial charge is 0.263 e.